The smallest absolute Gasteiger partial charge is 0.236 e. The van der Waals surface area contributed by atoms with Gasteiger partial charge in [-0.2, -0.15) is 0 Å². The minimum absolute atomic E-state index is 0. The molecule has 0 saturated heterocycles. The van der Waals surface area contributed by atoms with Crippen LogP contribution >= 0.6 is 35.3 Å². The van der Waals surface area contributed by atoms with Crippen LogP contribution < -0.4 is 10.6 Å². The molecule has 0 aliphatic carbocycles. The van der Waals surface area contributed by atoms with Gasteiger partial charge in [0.05, 0.1) is 17.1 Å². The van der Waals surface area contributed by atoms with Crippen molar-refractivity contribution in [2.45, 2.75) is 13.1 Å². The minimum atomic E-state index is -0.482. The highest BCUT2D eigenvalue weighted by Crippen LogP contribution is 2.23. The molecule has 0 radical (unpaired) electrons. The first kappa shape index (κ1) is 20.3. The molecule has 0 bridgehead atoms. The van der Waals surface area contributed by atoms with Gasteiger partial charge in [0.25, 0.3) is 0 Å². The Bertz CT molecular complexity index is 868. The van der Waals surface area contributed by atoms with Crippen molar-refractivity contribution in [1.29, 1.82) is 0 Å². The van der Waals surface area contributed by atoms with Crippen LogP contribution in [0, 0.1) is 11.6 Å². The van der Waals surface area contributed by atoms with E-state index in [1.165, 1.54) is 0 Å². The first-order valence-electron chi connectivity index (χ1n) is 7.52. The summed E-state index contributed by atoms with van der Waals surface area (Å²) in [4.78, 5) is 9.39. The molecule has 138 valence electrons. The van der Waals surface area contributed by atoms with E-state index in [2.05, 4.69) is 20.6 Å². The van der Waals surface area contributed by atoms with Crippen molar-refractivity contribution in [2.75, 3.05) is 7.05 Å². The number of aromatic nitrogens is 1. The van der Waals surface area contributed by atoms with Crippen LogP contribution in [0.5, 0.6) is 0 Å². The number of guanidine groups is 1. The number of rotatable bonds is 5. The Balaban J connectivity index is 0.00000243. The number of hydrogen-bond acceptors (Lipinski definition) is 4. The maximum atomic E-state index is 13.6. The summed E-state index contributed by atoms with van der Waals surface area (Å²) in [6.45, 7) is 0.503. The van der Waals surface area contributed by atoms with E-state index in [9.17, 15) is 8.78 Å². The Hall–Kier alpha value is -2.01. The third kappa shape index (κ3) is 5.24. The van der Waals surface area contributed by atoms with Gasteiger partial charge in [0.1, 0.15) is 17.9 Å². The SMILES string of the molecule is CN=C(NCc1coc(-c2cccs2)n1)NCc1cc(F)ccc1F.I. The fourth-order valence-electron chi connectivity index (χ4n) is 2.15. The summed E-state index contributed by atoms with van der Waals surface area (Å²) in [7, 11) is 1.59. The van der Waals surface area contributed by atoms with Crippen molar-refractivity contribution in [1.82, 2.24) is 15.6 Å². The predicted molar refractivity (Wildman–Crippen MR) is 109 cm³/mol. The van der Waals surface area contributed by atoms with Gasteiger partial charge in [-0.3, -0.25) is 4.99 Å². The zero-order valence-electron chi connectivity index (χ0n) is 13.8. The van der Waals surface area contributed by atoms with E-state index in [-0.39, 0.29) is 36.1 Å². The lowest BCUT2D eigenvalue weighted by Crippen LogP contribution is -2.36. The second-order valence-corrected chi connectivity index (χ2v) is 6.08. The number of nitrogens with one attached hydrogen (secondary N) is 2. The molecule has 0 aliphatic rings. The summed E-state index contributed by atoms with van der Waals surface area (Å²) in [5.41, 5.74) is 0.938. The Morgan fingerprint density at radius 2 is 2.04 bits per heavy atom. The number of aliphatic imine (C=N–C) groups is 1. The second kappa shape index (κ2) is 9.62. The van der Waals surface area contributed by atoms with Gasteiger partial charge in [0.2, 0.25) is 5.89 Å². The fourth-order valence-corrected chi connectivity index (χ4v) is 2.81. The molecule has 2 heterocycles. The molecule has 5 nitrogen and oxygen atoms in total. The van der Waals surface area contributed by atoms with Crippen LogP contribution in [0.3, 0.4) is 0 Å². The van der Waals surface area contributed by atoms with E-state index in [4.69, 9.17) is 4.42 Å². The summed E-state index contributed by atoms with van der Waals surface area (Å²) in [5, 5.41) is 7.94. The molecule has 0 spiro atoms. The molecule has 2 aromatic heterocycles. The van der Waals surface area contributed by atoms with Crippen LogP contribution in [0.25, 0.3) is 10.8 Å². The van der Waals surface area contributed by atoms with Crippen molar-refractivity contribution < 1.29 is 13.2 Å². The molecule has 0 atom stereocenters. The molecule has 0 aliphatic heterocycles. The highest BCUT2D eigenvalue weighted by molar-refractivity contribution is 14.0. The van der Waals surface area contributed by atoms with Crippen LogP contribution in [0.4, 0.5) is 8.78 Å². The van der Waals surface area contributed by atoms with Crippen molar-refractivity contribution in [3.05, 3.63) is 64.9 Å². The summed E-state index contributed by atoms with van der Waals surface area (Å²) < 4.78 is 32.2. The Kier molecular flexibility index (Phi) is 7.51. The quantitative estimate of drug-likeness (QED) is 0.321. The van der Waals surface area contributed by atoms with E-state index in [1.807, 2.05) is 17.5 Å². The zero-order valence-corrected chi connectivity index (χ0v) is 17.0. The van der Waals surface area contributed by atoms with Gasteiger partial charge >= 0.3 is 0 Å². The van der Waals surface area contributed by atoms with Gasteiger partial charge in [-0.25, -0.2) is 13.8 Å². The highest BCUT2D eigenvalue weighted by Gasteiger charge is 2.09. The van der Waals surface area contributed by atoms with Gasteiger partial charge in [-0.15, -0.1) is 35.3 Å². The first-order valence-corrected chi connectivity index (χ1v) is 8.40. The van der Waals surface area contributed by atoms with E-state index < -0.39 is 11.6 Å². The summed E-state index contributed by atoms with van der Waals surface area (Å²) in [6, 6.07) is 7.20. The zero-order chi connectivity index (χ0) is 17.6. The van der Waals surface area contributed by atoms with Crippen LogP contribution in [0.15, 0.2) is 51.4 Å². The van der Waals surface area contributed by atoms with E-state index in [1.54, 1.807) is 24.6 Å². The van der Waals surface area contributed by atoms with E-state index >= 15 is 0 Å². The molecule has 26 heavy (non-hydrogen) atoms. The summed E-state index contributed by atoms with van der Waals surface area (Å²) >= 11 is 1.55. The third-order valence-electron chi connectivity index (χ3n) is 3.40. The summed E-state index contributed by atoms with van der Waals surface area (Å²) in [5.74, 6) is 0.0622. The average Bonchev–Trinajstić information content (AvgIpc) is 3.29. The fraction of sp³-hybridized carbons (Fsp3) is 0.176. The lowest BCUT2D eigenvalue weighted by atomic mass is 10.2. The van der Waals surface area contributed by atoms with Crippen LogP contribution in [0.2, 0.25) is 0 Å². The molecular weight excluding hydrogens is 473 g/mol. The molecule has 0 amide bonds. The van der Waals surface area contributed by atoms with Crippen molar-refractivity contribution in [3.8, 4) is 10.8 Å². The van der Waals surface area contributed by atoms with Crippen LogP contribution in [0.1, 0.15) is 11.3 Å². The number of oxazole rings is 1. The standard InChI is InChI=1S/C17H16F2N4OS.HI/c1-20-17(21-8-11-7-12(18)4-5-14(11)19)22-9-13-10-24-16(23-13)15-3-2-6-25-15;/h2-7,10H,8-9H2,1H3,(H2,20,21,22);1H. The van der Waals surface area contributed by atoms with Crippen LogP contribution in [-0.4, -0.2) is 18.0 Å². The van der Waals surface area contributed by atoms with E-state index in [0.29, 0.717) is 24.1 Å². The average molecular weight is 490 g/mol. The number of hydrogen-bond donors (Lipinski definition) is 2. The van der Waals surface area contributed by atoms with Gasteiger partial charge in [0.15, 0.2) is 5.96 Å². The predicted octanol–water partition coefficient (Wildman–Crippen LogP) is 4.16. The summed E-state index contributed by atoms with van der Waals surface area (Å²) in [6.07, 6.45) is 1.57. The van der Waals surface area contributed by atoms with Crippen molar-refractivity contribution in [2.24, 2.45) is 4.99 Å². The highest BCUT2D eigenvalue weighted by atomic mass is 127. The third-order valence-corrected chi connectivity index (χ3v) is 4.26. The molecular formula is C17H17F2IN4OS. The molecule has 2 N–H and O–H groups in total. The molecule has 0 unspecified atom stereocenters. The number of halogens is 3. The Labute approximate surface area is 170 Å². The van der Waals surface area contributed by atoms with Crippen molar-refractivity contribution >= 4 is 41.3 Å². The van der Waals surface area contributed by atoms with Gasteiger partial charge in [-0.05, 0) is 29.6 Å². The largest absolute Gasteiger partial charge is 0.443 e. The normalized spacial score (nSPS) is 11.1. The van der Waals surface area contributed by atoms with Crippen LogP contribution in [-0.2, 0) is 13.1 Å². The van der Waals surface area contributed by atoms with Gasteiger partial charge < -0.3 is 15.1 Å². The minimum Gasteiger partial charge on any atom is -0.443 e. The van der Waals surface area contributed by atoms with Crippen molar-refractivity contribution in [3.63, 3.8) is 0 Å². The first-order chi connectivity index (χ1) is 12.2. The lowest BCUT2D eigenvalue weighted by molar-refractivity contribution is 0.573. The Morgan fingerprint density at radius 1 is 1.23 bits per heavy atom. The molecule has 3 rings (SSSR count). The lowest BCUT2D eigenvalue weighted by Gasteiger charge is -2.11. The monoisotopic (exact) mass is 490 g/mol. The Morgan fingerprint density at radius 3 is 2.77 bits per heavy atom. The molecule has 0 saturated carbocycles. The second-order valence-electron chi connectivity index (χ2n) is 5.14. The maximum absolute atomic E-state index is 13.6. The molecule has 9 heteroatoms. The molecule has 1 aromatic carbocycles. The number of thiophene rings is 1. The van der Waals surface area contributed by atoms with Gasteiger partial charge in [-0.1, -0.05) is 6.07 Å². The molecule has 3 aromatic rings. The number of nitrogens with zero attached hydrogens (tertiary/aromatic N) is 2. The topological polar surface area (TPSA) is 62.5 Å². The van der Waals surface area contributed by atoms with E-state index in [0.717, 1.165) is 23.1 Å². The van der Waals surface area contributed by atoms with Gasteiger partial charge in [0, 0.05) is 19.2 Å². The number of benzene rings is 1. The maximum Gasteiger partial charge on any atom is 0.236 e. The molecule has 0 fully saturated rings.